The molecule has 0 unspecified atom stereocenters. The minimum absolute atomic E-state index is 0.131. The van der Waals surface area contributed by atoms with Crippen LogP contribution in [0.15, 0.2) is 60.7 Å². The molecular weight excluding hydrogens is 532 g/mol. The molecule has 0 amide bonds. The number of carbonyl (C=O) groups is 4. The Morgan fingerprint density at radius 2 is 0.975 bits per heavy atom. The second-order valence-electron chi connectivity index (χ2n) is 10.4. The van der Waals surface area contributed by atoms with Crippen LogP contribution in [0.25, 0.3) is 0 Å². The first-order chi connectivity index (χ1) is 18.7. The minimum Gasteiger partial charge on any atom is -0.463 e. The molecule has 0 heterocycles. The Hall–Kier alpha value is -3.50. The predicted octanol–water partition coefficient (Wildman–Crippen LogP) is 3.31. The fourth-order valence-corrected chi connectivity index (χ4v) is 8.86. The van der Waals surface area contributed by atoms with Crippen LogP contribution in [-0.4, -0.2) is 63.2 Å². The monoisotopic (exact) mass is 572 g/mol. The van der Waals surface area contributed by atoms with Gasteiger partial charge in [0, 0.05) is 0 Å². The normalized spacial score (nSPS) is 14.7. The molecule has 0 saturated heterocycles. The SMILES string of the molecule is CCOC(=O)[C@H](C)OC(=O)[C@H](C)OC(=O)[C@H](C)OC(=O)[C@H](C)O[Si](c1ccccc1)(c1ccccc1)C(C)(C)C. The van der Waals surface area contributed by atoms with Gasteiger partial charge in [-0.15, -0.1) is 0 Å². The molecule has 2 rings (SSSR count). The Labute approximate surface area is 237 Å². The quantitative estimate of drug-likeness (QED) is 0.215. The average Bonchev–Trinajstić information content (AvgIpc) is 2.91. The number of esters is 4. The lowest BCUT2D eigenvalue weighted by Gasteiger charge is -2.44. The number of benzene rings is 2. The molecule has 0 aliphatic rings. The molecule has 0 fully saturated rings. The lowest BCUT2D eigenvalue weighted by Crippen LogP contribution is -2.68. The van der Waals surface area contributed by atoms with E-state index in [0.29, 0.717) is 0 Å². The van der Waals surface area contributed by atoms with Gasteiger partial charge in [-0.3, -0.25) is 0 Å². The zero-order valence-corrected chi connectivity index (χ0v) is 25.5. The lowest BCUT2D eigenvalue weighted by atomic mass is 10.2. The lowest BCUT2D eigenvalue weighted by molar-refractivity contribution is -0.183. The van der Waals surface area contributed by atoms with Crippen molar-refractivity contribution in [2.45, 2.75) is 84.8 Å². The first-order valence-electron chi connectivity index (χ1n) is 13.3. The van der Waals surface area contributed by atoms with Crippen molar-refractivity contribution in [2.75, 3.05) is 6.61 Å². The molecule has 40 heavy (non-hydrogen) atoms. The van der Waals surface area contributed by atoms with Crippen LogP contribution in [0.4, 0.5) is 0 Å². The highest BCUT2D eigenvalue weighted by molar-refractivity contribution is 6.99. The molecule has 0 aliphatic heterocycles. The molecule has 10 heteroatoms. The molecule has 218 valence electrons. The third-order valence-electron chi connectivity index (χ3n) is 6.26. The minimum atomic E-state index is -3.04. The summed E-state index contributed by atoms with van der Waals surface area (Å²) < 4.78 is 27.0. The summed E-state index contributed by atoms with van der Waals surface area (Å²) in [6.45, 7) is 13.6. The molecule has 2 aromatic carbocycles. The number of carbonyl (C=O) groups excluding carboxylic acids is 4. The van der Waals surface area contributed by atoms with Crippen LogP contribution < -0.4 is 10.4 Å². The maximum atomic E-state index is 13.2. The highest BCUT2D eigenvalue weighted by Gasteiger charge is 2.52. The molecule has 0 radical (unpaired) electrons. The maximum Gasteiger partial charge on any atom is 0.347 e. The first kappa shape index (κ1) is 32.7. The molecule has 0 aliphatic carbocycles. The van der Waals surface area contributed by atoms with Gasteiger partial charge in [-0.05, 0) is 50.0 Å². The number of ether oxygens (including phenoxy) is 4. The first-order valence-corrected chi connectivity index (χ1v) is 15.2. The number of rotatable bonds is 12. The smallest absolute Gasteiger partial charge is 0.347 e. The second kappa shape index (κ2) is 14.2. The van der Waals surface area contributed by atoms with Gasteiger partial charge in [0.1, 0.15) is 6.10 Å². The highest BCUT2D eigenvalue weighted by Crippen LogP contribution is 2.37. The van der Waals surface area contributed by atoms with Crippen molar-refractivity contribution < 1.29 is 42.6 Å². The van der Waals surface area contributed by atoms with Gasteiger partial charge in [-0.1, -0.05) is 81.4 Å². The molecule has 0 N–H and O–H groups in total. The number of hydrogen-bond acceptors (Lipinski definition) is 9. The van der Waals surface area contributed by atoms with Crippen LogP contribution in [0.2, 0.25) is 5.04 Å². The molecular formula is C30H40O9Si. The largest absolute Gasteiger partial charge is 0.463 e. The Morgan fingerprint density at radius 1 is 0.625 bits per heavy atom. The fraction of sp³-hybridized carbons (Fsp3) is 0.467. The van der Waals surface area contributed by atoms with Gasteiger partial charge in [-0.2, -0.15) is 0 Å². The van der Waals surface area contributed by atoms with E-state index in [-0.39, 0.29) is 11.6 Å². The molecule has 0 saturated carbocycles. The van der Waals surface area contributed by atoms with Crippen molar-refractivity contribution >= 4 is 42.6 Å². The Morgan fingerprint density at radius 3 is 1.32 bits per heavy atom. The predicted molar refractivity (Wildman–Crippen MR) is 151 cm³/mol. The summed E-state index contributed by atoms with van der Waals surface area (Å²) in [4.78, 5) is 49.7. The van der Waals surface area contributed by atoms with Crippen molar-refractivity contribution in [1.82, 2.24) is 0 Å². The third-order valence-corrected chi connectivity index (χ3v) is 11.4. The molecule has 0 spiro atoms. The van der Waals surface area contributed by atoms with Gasteiger partial charge >= 0.3 is 23.9 Å². The van der Waals surface area contributed by atoms with Crippen molar-refractivity contribution in [3.63, 3.8) is 0 Å². The highest BCUT2D eigenvalue weighted by atomic mass is 28.4. The van der Waals surface area contributed by atoms with Gasteiger partial charge in [0.05, 0.1) is 6.61 Å². The van der Waals surface area contributed by atoms with Crippen molar-refractivity contribution in [2.24, 2.45) is 0 Å². The van der Waals surface area contributed by atoms with Crippen LogP contribution in [0, 0.1) is 0 Å². The van der Waals surface area contributed by atoms with Crippen molar-refractivity contribution in [3.8, 4) is 0 Å². The second-order valence-corrected chi connectivity index (χ2v) is 14.7. The van der Waals surface area contributed by atoms with Crippen LogP contribution in [0.5, 0.6) is 0 Å². The van der Waals surface area contributed by atoms with Crippen LogP contribution in [-0.2, 0) is 42.6 Å². The van der Waals surface area contributed by atoms with E-state index in [9.17, 15) is 19.2 Å². The summed E-state index contributed by atoms with van der Waals surface area (Å²) in [6.07, 6.45) is -4.84. The van der Waals surface area contributed by atoms with E-state index >= 15 is 0 Å². The topological polar surface area (TPSA) is 114 Å². The molecule has 2 aromatic rings. The molecule has 0 aromatic heterocycles. The van der Waals surface area contributed by atoms with Crippen molar-refractivity contribution in [1.29, 1.82) is 0 Å². The van der Waals surface area contributed by atoms with E-state index in [1.807, 2.05) is 60.7 Å². The number of hydrogen-bond donors (Lipinski definition) is 0. The zero-order valence-electron chi connectivity index (χ0n) is 24.5. The fourth-order valence-electron chi connectivity index (χ4n) is 4.22. The summed E-state index contributed by atoms with van der Waals surface area (Å²) >= 11 is 0. The molecule has 4 atom stereocenters. The van der Waals surface area contributed by atoms with E-state index in [1.165, 1.54) is 20.8 Å². The van der Waals surface area contributed by atoms with E-state index in [2.05, 4.69) is 20.8 Å². The van der Waals surface area contributed by atoms with Crippen LogP contribution >= 0.6 is 0 Å². The van der Waals surface area contributed by atoms with E-state index in [1.54, 1.807) is 13.8 Å². The van der Waals surface area contributed by atoms with Gasteiger partial charge in [0.25, 0.3) is 8.32 Å². The maximum absolute atomic E-state index is 13.2. The van der Waals surface area contributed by atoms with E-state index < -0.39 is 56.6 Å². The zero-order chi connectivity index (χ0) is 30.1. The Bertz CT molecular complexity index is 1110. The standard InChI is InChI=1S/C30H40O9Si/c1-9-35-26(31)20(2)36-27(32)21(3)37-28(33)22(4)38-29(34)23(5)39-40(30(6,7)8,24-16-12-10-13-17-24)25-18-14-11-15-19-25/h10-23H,9H2,1-8H3/t20-,21-,22-,23-/m0/s1. The van der Waals surface area contributed by atoms with Crippen molar-refractivity contribution in [3.05, 3.63) is 60.7 Å². The van der Waals surface area contributed by atoms with Crippen LogP contribution in [0.3, 0.4) is 0 Å². The summed E-state index contributed by atoms with van der Waals surface area (Å²) in [5.41, 5.74) is 0. The Kier molecular flexibility index (Phi) is 11.6. The van der Waals surface area contributed by atoms with Gasteiger partial charge in [0.2, 0.25) is 0 Å². The van der Waals surface area contributed by atoms with E-state index in [0.717, 1.165) is 10.4 Å². The summed E-state index contributed by atoms with van der Waals surface area (Å²) in [5, 5.41) is 1.61. The molecule has 9 nitrogen and oxygen atoms in total. The third kappa shape index (κ3) is 8.01. The van der Waals surface area contributed by atoms with Crippen LogP contribution in [0.1, 0.15) is 55.4 Å². The van der Waals surface area contributed by atoms with Gasteiger partial charge in [-0.25, -0.2) is 19.2 Å². The summed E-state index contributed by atoms with van der Waals surface area (Å²) in [6, 6.07) is 19.6. The molecule has 0 bridgehead atoms. The summed E-state index contributed by atoms with van der Waals surface area (Å²) in [7, 11) is -3.04. The average molecular weight is 573 g/mol. The van der Waals surface area contributed by atoms with Gasteiger partial charge < -0.3 is 23.4 Å². The Balaban J connectivity index is 2.15. The van der Waals surface area contributed by atoms with Gasteiger partial charge in [0.15, 0.2) is 18.3 Å². The summed E-state index contributed by atoms with van der Waals surface area (Å²) in [5.74, 6) is -3.34. The van der Waals surface area contributed by atoms with E-state index in [4.69, 9.17) is 23.4 Å².